The molecule has 0 amide bonds. The summed E-state index contributed by atoms with van der Waals surface area (Å²) in [6.07, 6.45) is 22.7. The van der Waals surface area contributed by atoms with Gasteiger partial charge in [0.25, 0.3) is 0 Å². The van der Waals surface area contributed by atoms with Gasteiger partial charge in [0.15, 0.2) is 0 Å². The van der Waals surface area contributed by atoms with Crippen LogP contribution in [0.15, 0.2) is 0 Å². The van der Waals surface area contributed by atoms with Crippen molar-refractivity contribution in [3.63, 3.8) is 0 Å². The highest BCUT2D eigenvalue weighted by atomic mass is 15.2. The molecule has 0 rings (SSSR count). The Kier molecular flexibility index (Phi) is 21.4. The van der Waals surface area contributed by atoms with E-state index in [-0.39, 0.29) is 11.1 Å². The lowest BCUT2D eigenvalue weighted by molar-refractivity contribution is 0.247. The first-order chi connectivity index (χ1) is 15.2. The highest BCUT2D eigenvalue weighted by Crippen LogP contribution is 2.22. The first-order valence-corrected chi connectivity index (χ1v) is 14.8. The Morgan fingerprint density at radius 1 is 0.455 bits per heavy atom. The lowest BCUT2D eigenvalue weighted by atomic mass is 9.89. The fourth-order valence-corrected chi connectivity index (χ4v) is 4.14. The van der Waals surface area contributed by atoms with Crippen molar-refractivity contribution in [2.24, 2.45) is 5.41 Å². The second-order valence-electron chi connectivity index (χ2n) is 13.7. The molecule has 0 unspecified atom stereocenters. The summed E-state index contributed by atoms with van der Waals surface area (Å²) in [4.78, 5) is 0. The minimum Gasteiger partial charge on any atom is -0.297 e. The molecule has 0 aromatic heterocycles. The predicted octanol–water partition coefficient (Wildman–Crippen LogP) is 10.4. The lowest BCUT2D eigenvalue weighted by Crippen LogP contribution is -2.56. The van der Waals surface area contributed by atoms with Crippen LogP contribution in [0.4, 0.5) is 0 Å². The summed E-state index contributed by atoms with van der Waals surface area (Å²) in [7, 11) is 0. The van der Waals surface area contributed by atoms with Gasteiger partial charge in [-0.15, -0.1) is 0 Å². The molecule has 202 valence electrons. The largest absolute Gasteiger partial charge is 0.297 e. The highest BCUT2D eigenvalue weighted by Gasteiger charge is 2.21. The third kappa shape index (κ3) is 34.2. The van der Waals surface area contributed by atoms with Gasteiger partial charge >= 0.3 is 0 Å². The average Bonchev–Trinajstić information content (AvgIpc) is 2.63. The van der Waals surface area contributed by atoms with Gasteiger partial charge in [-0.1, -0.05) is 125 Å². The van der Waals surface area contributed by atoms with Crippen LogP contribution in [0.25, 0.3) is 0 Å². The maximum absolute atomic E-state index is 3.71. The zero-order valence-electron chi connectivity index (χ0n) is 25.4. The minimum absolute atomic E-state index is 0.171. The second-order valence-corrected chi connectivity index (χ2v) is 13.7. The standard InChI is InChI=1S/C18H40N2.C13H28/c1-8-9-10-11-12-13-14-15-16(19-17(2,3)4)20-18(5,6)7;1-5-6-7-8-9-10-11-12-13(2,3)4/h16,19-20H,8-15H2,1-7H3;5-12H2,1-4H3. The summed E-state index contributed by atoms with van der Waals surface area (Å²) in [5.74, 6) is 0. The summed E-state index contributed by atoms with van der Waals surface area (Å²) in [5.41, 5.74) is 0.886. The number of unbranched alkanes of at least 4 members (excludes halogenated alkanes) is 12. The van der Waals surface area contributed by atoms with E-state index in [1.807, 2.05) is 0 Å². The fraction of sp³-hybridized carbons (Fsp3) is 1.00. The molecule has 0 aliphatic heterocycles. The van der Waals surface area contributed by atoms with Crippen molar-refractivity contribution in [2.45, 2.75) is 196 Å². The summed E-state index contributed by atoms with van der Waals surface area (Å²) in [6.45, 7) is 25.0. The van der Waals surface area contributed by atoms with E-state index >= 15 is 0 Å². The molecule has 0 aromatic carbocycles. The van der Waals surface area contributed by atoms with Gasteiger partial charge in [0, 0.05) is 11.1 Å². The van der Waals surface area contributed by atoms with Crippen molar-refractivity contribution >= 4 is 0 Å². The summed E-state index contributed by atoms with van der Waals surface area (Å²) in [6, 6.07) is 0. The molecule has 0 aliphatic carbocycles. The van der Waals surface area contributed by atoms with Crippen molar-refractivity contribution in [1.29, 1.82) is 0 Å². The van der Waals surface area contributed by atoms with Gasteiger partial charge in [-0.2, -0.15) is 0 Å². The third-order valence-electron chi connectivity index (χ3n) is 5.84. The first kappa shape index (κ1) is 35.1. The molecule has 0 spiro atoms. The highest BCUT2D eigenvalue weighted by molar-refractivity contribution is 4.82. The third-order valence-corrected chi connectivity index (χ3v) is 5.84. The molecule has 0 saturated heterocycles. The van der Waals surface area contributed by atoms with Gasteiger partial charge in [-0.05, 0) is 59.8 Å². The van der Waals surface area contributed by atoms with Crippen molar-refractivity contribution in [3.05, 3.63) is 0 Å². The van der Waals surface area contributed by atoms with Crippen LogP contribution in [0.2, 0.25) is 0 Å². The number of hydrogen-bond donors (Lipinski definition) is 2. The molecule has 0 aromatic rings. The molecule has 0 radical (unpaired) electrons. The Balaban J connectivity index is 0. The van der Waals surface area contributed by atoms with Gasteiger partial charge in [0.2, 0.25) is 0 Å². The van der Waals surface area contributed by atoms with Crippen LogP contribution in [-0.4, -0.2) is 17.2 Å². The molecule has 2 N–H and O–H groups in total. The Morgan fingerprint density at radius 3 is 1.12 bits per heavy atom. The van der Waals surface area contributed by atoms with E-state index in [2.05, 4.69) is 86.8 Å². The molecule has 0 heterocycles. The maximum atomic E-state index is 3.71. The minimum atomic E-state index is 0.171. The molecule has 0 saturated carbocycles. The van der Waals surface area contributed by atoms with Crippen LogP contribution in [0, 0.1) is 5.41 Å². The predicted molar refractivity (Wildman–Crippen MR) is 154 cm³/mol. The molecular formula is C31H68N2. The van der Waals surface area contributed by atoms with E-state index in [1.165, 1.54) is 103 Å². The van der Waals surface area contributed by atoms with Crippen LogP contribution in [0.1, 0.15) is 179 Å². The van der Waals surface area contributed by atoms with Gasteiger partial charge < -0.3 is 0 Å². The first-order valence-electron chi connectivity index (χ1n) is 14.8. The quantitative estimate of drug-likeness (QED) is 0.164. The lowest BCUT2D eigenvalue weighted by Gasteiger charge is -2.34. The van der Waals surface area contributed by atoms with E-state index in [1.54, 1.807) is 0 Å². The average molecular weight is 469 g/mol. The van der Waals surface area contributed by atoms with E-state index in [0.717, 1.165) is 0 Å². The van der Waals surface area contributed by atoms with Crippen LogP contribution in [0.5, 0.6) is 0 Å². The van der Waals surface area contributed by atoms with E-state index in [4.69, 9.17) is 0 Å². The Bertz CT molecular complexity index is 379. The van der Waals surface area contributed by atoms with E-state index in [0.29, 0.717) is 11.6 Å². The van der Waals surface area contributed by atoms with E-state index in [9.17, 15) is 0 Å². The monoisotopic (exact) mass is 469 g/mol. The van der Waals surface area contributed by atoms with Crippen molar-refractivity contribution in [3.8, 4) is 0 Å². The fourth-order valence-electron chi connectivity index (χ4n) is 4.14. The van der Waals surface area contributed by atoms with Gasteiger partial charge in [-0.3, -0.25) is 10.6 Å². The summed E-state index contributed by atoms with van der Waals surface area (Å²) in [5, 5.41) is 7.43. The zero-order valence-corrected chi connectivity index (χ0v) is 25.4. The van der Waals surface area contributed by atoms with E-state index < -0.39 is 0 Å². The second kappa shape index (κ2) is 20.1. The number of nitrogens with one attached hydrogen (secondary N) is 2. The molecule has 0 bridgehead atoms. The Labute approximate surface area is 212 Å². The topological polar surface area (TPSA) is 24.1 Å². The van der Waals surface area contributed by atoms with Crippen molar-refractivity contribution < 1.29 is 0 Å². The molecule has 0 aliphatic rings. The Morgan fingerprint density at radius 2 is 0.788 bits per heavy atom. The summed E-state index contributed by atoms with van der Waals surface area (Å²) >= 11 is 0. The number of rotatable bonds is 17. The smallest absolute Gasteiger partial charge is 0.0579 e. The molecule has 0 atom stereocenters. The van der Waals surface area contributed by atoms with Gasteiger partial charge in [0.1, 0.15) is 0 Å². The molecule has 2 heteroatoms. The maximum Gasteiger partial charge on any atom is 0.0579 e. The van der Waals surface area contributed by atoms with Crippen molar-refractivity contribution in [2.75, 3.05) is 0 Å². The molecule has 2 nitrogen and oxygen atoms in total. The van der Waals surface area contributed by atoms with Crippen LogP contribution < -0.4 is 10.6 Å². The van der Waals surface area contributed by atoms with Gasteiger partial charge in [-0.25, -0.2) is 0 Å². The zero-order chi connectivity index (χ0) is 25.8. The Hall–Kier alpha value is -0.0800. The SMILES string of the molecule is CCCCCCCCCC(C)(C)C.CCCCCCCCCC(NC(C)(C)C)NC(C)(C)C. The normalized spacial score (nSPS) is 12.7. The number of hydrogen-bond acceptors (Lipinski definition) is 2. The van der Waals surface area contributed by atoms with Crippen LogP contribution in [-0.2, 0) is 0 Å². The summed E-state index contributed by atoms with van der Waals surface area (Å²) < 4.78 is 0. The van der Waals surface area contributed by atoms with Crippen molar-refractivity contribution in [1.82, 2.24) is 10.6 Å². The molecule has 33 heavy (non-hydrogen) atoms. The van der Waals surface area contributed by atoms with Gasteiger partial charge in [0.05, 0.1) is 6.17 Å². The van der Waals surface area contributed by atoms with Crippen LogP contribution >= 0.6 is 0 Å². The molecule has 0 fully saturated rings. The molecular weight excluding hydrogens is 400 g/mol. The van der Waals surface area contributed by atoms with Crippen LogP contribution in [0.3, 0.4) is 0 Å².